The van der Waals surface area contributed by atoms with Crippen LogP contribution in [0.1, 0.15) is 37.7 Å². The van der Waals surface area contributed by atoms with E-state index in [4.69, 9.17) is 0 Å². The van der Waals surface area contributed by atoms with Crippen LogP contribution in [0.25, 0.3) is 0 Å². The normalized spacial score (nSPS) is 23.1. The van der Waals surface area contributed by atoms with Gasteiger partial charge in [-0.2, -0.15) is 0 Å². The molecule has 1 saturated heterocycles. The number of amides is 1. The molecule has 0 bridgehead atoms. The van der Waals surface area contributed by atoms with Crippen LogP contribution in [0.2, 0.25) is 0 Å². The summed E-state index contributed by atoms with van der Waals surface area (Å²) in [4.78, 5) is 16.8. The van der Waals surface area contributed by atoms with Crippen LogP contribution in [0.15, 0.2) is 24.3 Å². The molecular formula is C18H25FN2O. The summed E-state index contributed by atoms with van der Waals surface area (Å²) in [7, 11) is 1.96. The summed E-state index contributed by atoms with van der Waals surface area (Å²) in [6.45, 7) is 2.81. The lowest BCUT2D eigenvalue weighted by molar-refractivity contribution is -0.140. The molecule has 0 spiro atoms. The van der Waals surface area contributed by atoms with Crippen LogP contribution >= 0.6 is 0 Å². The van der Waals surface area contributed by atoms with Crippen molar-refractivity contribution < 1.29 is 9.18 Å². The first-order valence-electron chi connectivity index (χ1n) is 8.37. The van der Waals surface area contributed by atoms with Crippen LogP contribution < -0.4 is 0 Å². The average molecular weight is 304 g/mol. The Morgan fingerprint density at radius 3 is 2.59 bits per heavy atom. The summed E-state index contributed by atoms with van der Waals surface area (Å²) in [5.41, 5.74) is 1.13. The predicted molar refractivity (Wildman–Crippen MR) is 84.8 cm³/mol. The Morgan fingerprint density at radius 1 is 1.23 bits per heavy atom. The molecule has 0 N–H and O–H groups in total. The molecule has 1 atom stereocenters. The number of nitrogens with zero attached hydrogens (tertiary/aromatic N) is 2. The number of carbonyl (C=O) groups excluding carboxylic acids is 1. The number of hydrogen-bond acceptors (Lipinski definition) is 2. The van der Waals surface area contributed by atoms with E-state index < -0.39 is 0 Å². The van der Waals surface area contributed by atoms with Gasteiger partial charge in [0.05, 0.1) is 0 Å². The Kier molecular flexibility index (Phi) is 4.77. The van der Waals surface area contributed by atoms with E-state index in [0.717, 1.165) is 50.9 Å². The van der Waals surface area contributed by atoms with E-state index >= 15 is 0 Å². The molecule has 2 aliphatic rings. The van der Waals surface area contributed by atoms with Crippen molar-refractivity contribution in [2.75, 3.05) is 20.1 Å². The fourth-order valence-electron chi connectivity index (χ4n) is 3.46. The van der Waals surface area contributed by atoms with Crippen molar-refractivity contribution in [1.29, 1.82) is 0 Å². The van der Waals surface area contributed by atoms with E-state index in [1.807, 2.05) is 24.1 Å². The van der Waals surface area contributed by atoms with Crippen LogP contribution in [0, 0.1) is 11.7 Å². The molecule has 0 radical (unpaired) electrons. The van der Waals surface area contributed by atoms with Crippen LogP contribution in [-0.4, -0.2) is 41.9 Å². The van der Waals surface area contributed by atoms with Crippen LogP contribution in [0.4, 0.5) is 4.39 Å². The molecule has 1 aliphatic carbocycles. The van der Waals surface area contributed by atoms with Crippen LogP contribution in [-0.2, 0) is 11.3 Å². The molecule has 0 aromatic heterocycles. The first-order chi connectivity index (χ1) is 10.6. The number of piperidine rings is 1. The Balaban J connectivity index is 1.56. The maximum Gasteiger partial charge on any atom is 0.225 e. The third kappa shape index (κ3) is 3.49. The lowest BCUT2D eigenvalue weighted by atomic mass is 9.84. The molecule has 22 heavy (non-hydrogen) atoms. The SMILES string of the molecule is CN(C(=O)C1CCC1)C1CCCN(Cc2ccc(F)cc2)C1. The highest BCUT2D eigenvalue weighted by atomic mass is 19.1. The second kappa shape index (κ2) is 6.78. The van der Waals surface area contributed by atoms with E-state index in [0.29, 0.717) is 11.9 Å². The van der Waals surface area contributed by atoms with Crippen molar-refractivity contribution >= 4 is 5.91 Å². The van der Waals surface area contributed by atoms with Gasteiger partial charge in [0.1, 0.15) is 5.82 Å². The maximum absolute atomic E-state index is 13.0. The van der Waals surface area contributed by atoms with Crippen molar-refractivity contribution in [3.8, 4) is 0 Å². The van der Waals surface area contributed by atoms with Crippen molar-refractivity contribution in [2.24, 2.45) is 5.92 Å². The van der Waals surface area contributed by atoms with Gasteiger partial charge in [0.2, 0.25) is 5.91 Å². The maximum atomic E-state index is 13.0. The lowest BCUT2D eigenvalue weighted by Crippen LogP contribution is -2.50. The Morgan fingerprint density at radius 2 is 1.95 bits per heavy atom. The third-order valence-corrected chi connectivity index (χ3v) is 5.15. The van der Waals surface area contributed by atoms with Gasteiger partial charge in [0.15, 0.2) is 0 Å². The smallest absolute Gasteiger partial charge is 0.225 e. The second-order valence-electron chi connectivity index (χ2n) is 6.73. The number of likely N-dealkylation sites (tertiary alicyclic amines) is 1. The van der Waals surface area contributed by atoms with E-state index in [1.54, 1.807) is 0 Å². The van der Waals surface area contributed by atoms with Gasteiger partial charge >= 0.3 is 0 Å². The predicted octanol–water partition coefficient (Wildman–Crippen LogP) is 3.05. The Labute approximate surface area is 132 Å². The van der Waals surface area contributed by atoms with Gasteiger partial charge in [0.25, 0.3) is 0 Å². The molecule has 1 aromatic carbocycles. The molecular weight excluding hydrogens is 279 g/mol. The lowest BCUT2D eigenvalue weighted by Gasteiger charge is -2.40. The molecule has 3 rings (SSSR count). The van der Waals surface area contributed by atoms with Gasteiger partial charge < -0.3 is 4.90 Å². The molecule has 1 heterocycles. The number of benzene rings is 1. The standard InChI is InChI=1S/C18H25FN2O/c1-20(18(22)15-4-2-5-15)17-6-3-11-21(13-17)12-14-7-9-16(19)10-8-14/h7-10,15,17H,2-6,11-13H2,1H3. The van der Waals surface area contributed by atoms with E-state index in [2.05, 4.69) is 4.90 Å². The largest absolute Gasteiger partial charge is 0.341 e. The summed E-state index contributed by atoms with van der Waals surface area (Å²) in [6, 6.07) is 7.05. The second-order valence-corrected chi connectivity index (χ2v) is 6.73. The molecule has 3 nitrogen and oxygen atoms in total. The van der Waals surface area contributed by atoms with E-state index in [1.165, 1.54) is 18.6 Å². The Hall–Kier alpha value is -1.42. The van der Waals surface area contributed by atoms with Gasteiger partial charge in [-0.15, -0.1) is 0 Å². The van der Waals surface area contributed by atoms with Gasteiger partial charge in [0, 0.05) is 32.1 Å². The quantitative estimate of drug-likeness (QED) is 0.853. The molecule has 1 amide bonds. The summed E-state index contributed by atoms with van der Waals surface area (Å²) in [6.07, 6.45) is 5.54. The molecule has 1 aromatic rings. The first-order valence-corrected chi connectivity index (χ1v) is 8.37. The molecule has 4 heteroatoms. The minimum absolute atomic E-state index is 0.189. The number of likely N-dealkylation sites (N-methyl/N-ethyl adjacent to an activating group) is 1. The van der Waals surface area contributed by atoms with Gasteiger partial charge in [-0.25, -0.2) is 4.39 Å². The van der Waals surface area contributed by atoms with Crippen molar-refractivity contribution in [3.63, 3.8) is 0 Å². The molecule has 1 saturated carbocycles. The Bertz CT molecular complexity index is 512. The summed E-state index contributed by atoms with van der Waals surface area (Å²) < 4.78 is 13.0. The zero-order chi connectivity index (χ0) is 15.5. The van der Waals surface area contributed by atoms with Crippen molar-refractivity contribution in [1.82, 2.24) is 9.80 Å². The molecule has 1 aliphatic heterocycles. The minimum atomic E-state index is -0.189. The number of rotatable bonds is 4. The number of carbonyl (C=O) groups is 1. The van der Waals surface area contributed by atoms with E-state index in [9.17, 15) is 9.18 Å². The van der Waals surface area contributed by atoms with Gasteiger partial charge in [-0.05, 0) is 49.9 Å². The summed E-state index contributed by atoms with van der Waals surface area (Å²) in [5.74, 6) is 0.420. The highest BCUT2D eigenvalue weighted by molar-refractivity contribution is 5.79. The highest BCUT2D eigenvalue weighted by Crippen LogP contribution is 2.29. The number of hydrogen-bond donors (Lipinski definition) is 0. The van der Waals surface area contributed by atoms with Crippen LogP contribution in [0.5, 0.6) is 0 Å². The molecule has 2 fully saturated rings. The summed E-state index contributed by atoms with van der Waals surface area (Å²) in [5, 5.41) is 0. The minimum Gasteiger partial charge on any atom is -0.341 e. The summed E-state index contributed by atoms with van der Waals surface area (Å²) >= 11 is 0. The van der Waals surface area contributed by atoms with Gasteiger partial charge in [-0.3, -0.25) is 9.69 Å². The molecule has 120 valence electrons. The van der Waals surface area contributed by atoms with E-state index in [-0.39, 0.29) is 11.7 Å². The van der Waals surface area contributed by atoms with Gasteiger partial charge in [-0.1, -0.05) is 18.6 Å². The highest BCUT2D eigenvalue weighted by Gasteiger charge is 2.32. The average Bonchev–Trinajstić information content (AvgIpc) is 2.47. The zero-order valence-corrected chi connectivity index (χ0v) is 13.3. The number of halogens is 1. The fraction of sp³-hybridized carbons (Fsp3) is 0.611. The zero-order valence-electron chi connectivity index (χ0n) is 13.3. The van der Waals surface area contributed by atoms with Crippen molar-refractivity contribution in [2.45, 2.75) is 44.7 Å². The first kappa shape index (κ1) is 15.5. The monoisotopic (exact) mass is 304 g/mol. The third-order valence-electron chi connectivity index (χ3n) is 5.15. The van der Waals surface area contributed by atoms with Crippen molar-refractivity contribution in [3.05, 3.63) is 35.6 Å². The molecule has 1 unspecified atom stereocenters. The fourth-order valence-corrected chi connectivity index (χ4v) is 3.46. The van der Waals surface area contributed by atoms with Crippen LogP contribution in [0.3, 0.4) is 0 Å². The topological polar surface area (TPSA) is 23.6 Å².